The summed E-state index contributed by atoms with van der Waals surface area (Å²) in [5.41, 5.74) is 1.63. The summed E-state index contributed by atoms with van der Waals surface area (Å²) in [6.45, 7) is 0.759. The van der Waals surface area contributed by atoms with Gasteiger partial charge in [0, 0.05) is 13.7 Å². The van der Waals surface area contributed by atoms with Crippen molar-refractivity contribution in [3.8, 4) is 0 Å². The average Bonchev–Trinajstić information content (AvgIpc) is 2.53. The summed E-state index contributed by atoms with van der Waals surface area (Å²) < 4.78 is 4.75. The smallest absolute Gasteiger partial charge is 0.205 e. The maximum absolute atomic E-state index is 9.22. The molecule has 0 aliphatic rings. The summed E-state index contributed by atoms with van der Waals surface area (Å²) in [6.07, 6.45) is -0.501. The van der Waals surface area contributed by atoms with Crippen LogP contribution in [0.3, 0.4) is 0 Å². The van der Waals surface area contributed by atoms with E-state index >= 15 is 0 Å². The Morgan fingerprint density at radius 2 is 2.67 bits per heavy atom. The van der Waals surface area contributed by atoms with Crippen LogP contribution in [0.1, 0.15) is 0 Å². The molecule has 1 heterocycles. The first-order chi connectivity index (χ1) is 5.83. The molecular formula is C6H11N3O2S. The molecule has 0 saturated heterocycles. The van der Waals surface area contributed by atoms with Gasteiger partial charge in [-0.3, -0.25) is 0 Å². The molecule has 0 radical (unpaired) electrons. The van der Waals surface area contributed by atoms with Crippen molar-refractivity contribution in [3.63, 3.8) is 0 Å². The van der Waals surface area contributed by atoms with Crippen molar-refractivity contribution in [2.45, 2.75) is 6.10 Å². The third kappa shape index (κ3) is 3.12. The largest absolute Gasteiger partial charge is 0.389 e. The van der Waals surface area contributed by atoms with Crippen LogP contribution in [0.2, 0.25) is 0 Å². The number of hydrogen-bond acceptors (Lipinski definition) is 6. The van der Waals surface area contributed by atoms with Gasteiger partial charge in [0.15, 0.2) is 0 Å². The van der Waals surface area contributed by atoms with Crippen molar-refractivity contribution < 1.29 is 9.84 Å². The molecule has 1 aromatic heterocycles. The number of aromatic nitrogens is 2. The van der Waals surface area contributed by atoms with Gasteiger partial charge in [0.25, 0.3) is 0 Å². The second-order valence-electron chi connectivity index (χ2n) is 2.23. The molecule has 0 aliphatic heterocycles. The van der Waals surface area contributed by atoms with E-state index in [0.29, 0.717) is 18.3 Å². The van der Waals surface area contributed by atoms with Crippen LogP contribution in [-0.4, -0.2) is 41.7 Å². The SMILES string of the molecule is COCC(O)CNc1nncs1. The van der Waals surface area contributed by atoms with Crippen molar-refractivity contribution >= 4 is 16.5 Å². The summed E-state index contributed by atoms with van der Waals surface area (Å²) in [7, 11) is 1.55. The lowest BCUT2D eigenvalue weighted by atomic mass is 10.4. The molecule has 1 unspecified atom stereocenters. The molecule has 1 aromatic rings. The lowest BCUT2D eigenvalue weighted by Crippen LogP contribution is -2.24. The molecule has 0 spiro atoms. The maximum Gasteiger partial charge on any atom is 0.205 e. The molecule has 0 aliphatic carbocycles. The molecule has 0 fully saturated rings. The monoisotopic (exact) mass is 189 g/mol. The van der Waals surface area contributed by atoms with Crippen LogP contribution in [-0.2, 0) is 4.74 Å². The van der Waals surface area contributed by atoms with Gasteiger partial charge >= 0.3 is 0 Å². The van der Waals surface area contributed by atoms with Crippen LogP contribution >= 0.6 is 11.3 Å². The van der Waals surface area contributed by atoms with Crippen molar-refractivity contribution in [2.24, 2.45) is 0 Å². The predicted molar refractivity (Wildman–Crippen MR) is 46.3 cm³/mol. The van der Waals surface area contributed by atoms with Crippen molar-refractivity contribution in [1.82, 2.24) is 10.2 Å². The fourth-order valence-electron chi connectivity index (χ4n) is 0.707. The minimum Gasteiger partial charge on any atom is -0.389 e. The molecule has 0 bridgehead atoms. The van der Waals surface area contributed by atoms with E-state index in [1.165, 1.54) is 11.3 Å². The highest BCUT2D eigenvalue weighted by molar-refractivity contribution is 7.13. The highest BCUT2D eigenvalue weighted by Crippen LogP contribution is 2.07. The number of methoxy groups -OCH3 is 1. The lowest BCUT2D eigenvalue weighted by molar-refractivity contribution is 0.0727. The highest BCUT2D eigenvalue weighted by Gasteiger charge is 2.03. The van der Waals surface area contributed by atoms with Crippen LogP contribution < -0.4 is 5.32 Å². The zero-order valence-corrected chi connectivity index (χ0v) is 7.54. The van der Waals surface area contributed by atoms with E-state index in [0.717, 1.165) is 0 Å². The number of nitrogens with one attached hydrogen (secondary N) is 1. The Labute approximate surface area is 74.4 Å². The minimum absolute atomic E-state index is 0.325. The second-order valence-corrected chi connectivity index (χ2v) is 3.07. The van der Waals surface area contributed by atoms with Gasteiger partial charge in [-0.05, 0) is 0 Å². The Hall–Kier alpha value is -0.720. The lowest BCUT2D eigenvalue weighted by Gasteiger charge is -2.08. The van der Waals surface area contributed by atoms with E-state index in [1.807, 2.05) is 0 Å². The van der Waals surface area contributed by atoms with E-state index in [-0.39, 0.29) is 0 Å². The van der Waals surface area contributed by atoms with Crippen LogP contribution in [0, 0.1) is 0 Å². The van der Waals surface area contributed by atoms with Crippen molar-refractivity contribution in [3.05, 3.63) is 5.51 Å². The molecule has 2 N–H and O–H groups in total. The normalized spacial score (nSPS) is 12.8. The first-order valence-corrected chi connectivity index (χ1v) is 4.38. The number of nitrogens with zero attached hydrogens (tertiary/aromatic N) is 2. The number of rotatable bonds is 5. The average molecular weight is 189 g/mol. The number of aliphatic hydroxyl groups excluding tert-OH is 1. The van der Waals surface area contributed by atoms with Gasteiger partial charge in [0.2, 0.25) is 5.13 Å². The Morgan fingerprint density at radius 3 is 3.25 bits per heavy atom. The molecule has 1 atom stereocenters. The summed E-state index contributed by atoms with van der Waals surface area (Å²) in [4.78, 5) is 0. The first kappa shape index (κ1) is 9.37. The molecule has 68 valence electrons. The van der Waals surface area contributed by atoms with E-state index in [1.54, 1.807) is 12.6 Å². The zero-order chi connectivity index (χ0) is 8.81. The van der Waals surface area contributed by atoms with Crippen LogP contribution in [0.15, 0.2) is 5.51 Å². The molecule has 0 saturated carbocycles. The van der Waals surface area contributed by atoms with Gasteiger partial charge in [-0.2, -0.15) is 0 Å². The molecule has 1 rings (SSSR count). The summed E-state index contributed by atoms with van der Waals surface area (Å²) in [6, 6.07) is 0. The number of hydrogen-bond donors (Lipinski definition) is 2. The van der Waals surface area contributed by atoms with Crippen LogP contribution in [0.4, 0.5) is 5.13 Å². The number of anilines is 1. The third-order valence-electron chi connectivity index (χ3n) is 1.21. The van der Waals surface area contributed by atoms with Gasteiger partial charge in [0.1, 0.15) is 5.51 Å². The molecule has 0 amide bonds. The van der Waals surface area contributed by atoms with Crippen molar-refractivity contribution in [1.29, 1.82) is 0 Å². The van der Waals surface area contributed by atoms with Gasteiger partial charge in [-0.25, -0.2) is 0 Å². The van der Waals surface area contributed by atoms with Gasteiger partial charge in [0.05, 0.1) is 12.7 Å². The number of aliphatic hydroxyl groups is 1. The summed E-state index contributed by atoms with van der Waals surface area (Å²) in [5.74, 6) is 0. The summed E-state index contributed by atoms with van der Waals surface area (Å²) in [5, 5.41) is 20.2. The molecule has 0 aromatic carbocycles. The quantitative estimate of drug-likeness (QED) is 0.680. The first-order valence-electron chi connectivity index (χ1n) is 3.50. The Morgan fingerprint density at radius 1 is 1.83 bits per heavy atom. The fourth-order valence-corrected chi connectivity index (χ4v) is 1.16. The molecule has 12 heavy (non-hydrogen) atoms. The molecular weight excluding hydrogens is 178 g/mol. The summed E-state index contributed by atoms with van der Waals surface area (Å²) >= 11 is 1.40. The molecule has 6 heteroatoms. The Bertz CT molecular complexity index is 205. The van der Waals surface area contributed by atoms with Gasteiger partial charge in [-0.1, -0.05) is 11.3 Å². The second kappa shape index (κ2) is 5.02. The third-order valence-corrected chi connectivity index (χ3v) is 1.86. The van der Waals surface area contributed by atoms with Crippen LogP contribution in [0.25, 0.3) is 0 Å². The minimum atomic E-state index is -0.501. The predicted octanol–water partition coefficient (Wildman–Crippen LogP) is -0.0427. The Balaban J connectivity index is 2.17. The van der Waals surface area contributed by atoms with E-state index < -0.39 is 6.10 Å². The molecule has 5 nitrogen and oxygen atoms in total. The van der Waals surface area contributed by atoms with Gasteiger partial charge < -0.3 is 15.2 Å². The topological polar surface area (TPSA) is 67.3 Å². The maximum atomic E-state index is 9.22. The Kier molecular flexibility index (Phi) is 3.92. The van der Waals surface area contributed by atoms with E-state index in [9.17, 15) is 5.11 Å². The van der Waals surface area contributed by atoms with Crippen molar-refractivity contribution in [2.75, 3.05) is 25.6 Å². The number of ether oxygens (including phenoxy) is 1. The van der Waals surface area contributed by atoms with E-state index in [2.05, 4.69) is 15.5 Å². The fraction of sp³-hybridized carbons (Fsp3) is 0.667. The van der Waals surface area contributed by atoms with Crippen LogP contribution in [0.5, 0.6) is 0 Å². The highest BCUT2D eigenvalue weighted by atomic mass is 32.1. The van der Waals surface area contributed by atoms with Gasteiger partial charge in [-0.15, -0.1) is 10.2 Å². The van der Waals surface area contributed by atoms with E-state index in [4.69, 9.17) is 4.74 Å². The standard InChI is InChI=1S/C6H11N3O2S/c1-11-3-5(10)2-7-6-9-8-4-12-6/h4-5,10H,2-3H2,1H3,(H,7,9). The zero-order valence-electron chi connectivity index (χ0n) is 6.73.